The molecule has 2 aliphatic rings. The summed E-state index contributed by atoms with van der Waals surface area (Å²) in [5.41, 5.74) is 0. The summed E-state index contributed by atoms with van der Waals surface area (Å²) >= 11 is 0. The Morgan fingerprint density at radius 3 is 1.92 bits per heavy atom. The molecule has 2 heterocycles. The van der Waals surface area contributed by atoms with Crippen LogP contribution in [-0.2, 0) is 14.3 Å². The number of nitrogens with zero attached hydrogens (tertiary/aromatic N) is 3. The Morgan fingerprint density at radius 2 is 1.44 bits per heavy atom. The lowest BCUT2D eigenvalue weighted by Crippen LogP contribution is -2.53. The minimum atomic E-state index is -4.87. The van der Waals surface area contributed by atoms with E-state index in [0.717, 1.165) is 4.90 Å². The monoisotopic (exact) mass is 365 g/mol. The van der Waals surface area contributed by atoms with Gasteiger partial charge in [-0.15, -0.1) is 0 Å². The molecule has 0 aliphatic carbocycles. The van der Waals surface area contributed by atoms with E-state index in [9.17, 15) is 27.6 Å². The van der Waals surface area contributed by atoms with Crippen LogP contribution in [0, 0.1) is 5.92 Å². The average molecular weight is 365 g/mol. The highest BCUT2D eigenvalue weighted by Crippen LogP contribution is 2.25. The van der Waals surface area contributed by atoms with Crippen LogP contribution in [-0.4, -0.2) is 84.7 Å². The highest BCUT2D eigenvalue weighted by Gasteiger charge is 2.44. The molecule has 0 atom stereocenters. The molecule has 0 saturated carbocycles. The number of piperidine rings is 1. The van der Waals surface area contributed by atoms with Crippen molar-refractivity contribution in [2.24, 2.45) is 5.92 Å². The smallest absolute Gasteiger partial charge is 0.450 e. The standard InChI is InChI=1S/C15H22F3N3O4/c1-2-25-14(24)21-9-7-19(8-10-21)12(22)11-3-5-20(6-4-11)13(23)15(16,17)18/h11H,2-10H2,1H3. The van der Waals surface area contributed by atoms with Crippen LogP contribution in [0.25, 0.3) is 0 Å². The van der Waals surface area contributed by atoms with E-state index in [-0.39, 0.29) is 44.4 Å². The predicted octanol–water partition coefficient (Wildman–Crippen LogP) is 1.09. The summed E-state index contributed by atoms with van der Waals surface area (Å²) in [4.78, 5) is 39.2. The Morgan fingerprint density at radius 1 is 0.920 bits per heavy atom. The molecule has 25 heavy (non-hydrogen) atoms. The third kappa shape index (κ3) is 4.76. The Bertz CT molecular complexity index is 511. The highest BCUT2D eigenvalue weighted by molar-refractivity contribution is 5.83. The molecule has 0 aromatic heterocycles. The summed E-state index contributed by atoms with van der Waals surface area (Å²) in [7, 11) is 0. The zero-order chi connectivity index (χ0) is 18.6. The number of carbonyl (C=O) groups is 3. The van der Waals surface area contributed by atoms with E-state index >= 15 is 0 Å². The van der Waals surface area contributed by atoms with Gasteiger partial charge in [0.15, 0.2) is 0 Å². The lowest BCUT2D eigenvalue weighted by Gasteiger charge is -2.38. The molecule has 0 aromatic carbocycles. The van der Waals surface area contributed by atoms with Gasteiger partial charge in [-0.25, -0.2) is 4.79 Å². The Balaban J connectivity index is 1.80. The first-order valence-electron chi connectivity index (χ1n) is 8.30. The van der Waals surface area contributed by atoms with Gasteiger partial charge in [-0.3, -0.25) is 9.59 Å². The van der Waals surface area contributed by atoms with Crippen molar-refractivity contribution >= 4 is 17.9 Å². The van der Waals surface area contributed by atoms with Gasteiger partial charge in [0, 0.05) is 45.2 Å². The van der Waals surface area contributed by atoms with Gasteiger partial charge < -0.3 is 19.4 Å². The van der Waals surface area contributed by atoms with Crippen LogP contribution >= 0.6 is 0 Å². The van der Waals surface area contributed by atoms with Crippen LogP contribution in [0.1, 0.15) is 19.8 Å². The minimum absolute atomic E-state index is 0.0719. The summed E-state index contributed by atoms with van der Waals surface area (Å²) < 4.78 is 42.2. The van der Waals surface area contributed by atoms with Gasteiger partial charge in [-0.05, 0) is 19.8 Å². The average Bonchev–Trinajstić information content (AvgIpc) is 2.60. The first-order valence-corrected chi connectivity index (χ1v) is 8.30. The molecule has 3 amide bonds. The summed E-state index contributed by atoms with van der Waals surface area (Å²) in [6.07, 6.45) is -4.84. The number of ether oxygens (including phenoxy) is 1. The number of likely N-dealkylation sites (tertiary alicyclic amines) is 1. The van der Waals surface area contributed by atoms with Crippen LogP contribution in [0.2, 0.25) is 0 Å². The van der Waals surface area contributed by atoms with Gasteiger partial charge in [0.05, 0.1) is 6.61 Å². The zero-order valence-electron chi connectivity index (χ0n) is 14.0. The first kappa shape index (κ1) is 19.3. The van der Waals surface area contributed by atoms with Crippen LogP contribution in [0.4, 0.5) is 18.0 Å². The van der Waals surface area contributed by atoms with Crippen molar-refractivity contribution in [3.05, 3.63) is 0 Å². The van der Waals surface area contributed by atoms with E-state index in [1.165, 1.54) is 4.90 Å². The molecule has 2 aliphatic heterocycles. The van der Waals surface area contributed by atoms with Crippen molar-refractivity contribution in [1.29, 1.82) is 0 Å². The van der Waals surface area contributed by atoms with Crippen molar-refractivity contribution in [2.75, 3.05) is 45.9 Å². The molecular weight excluding hydrogens is 343 g/mol. The Hall–Kier alpha value is -2.00. The van der Waals surface area contributed by atoms with Crippen LogP contribution < -0.4 is 0 Å². The number of carbonyl (C=O) groups excluding carboxylic acids is 3. The number of alkyl halides is 3. The molecule has 0 bridgehead atoms. The second-order valence-corrected chi connectivity index (χ2v) is 6.08. The third-order valence-corrected chi connectivity index (χ3v) is 4.49. The van der Waals surface area contributed by atoms with E-state index < -0.39 is 18.2 Å². The van der Waals surface area contributed by atoms with Gasteiger partial charge in [-0.1, -0.05) is 0 Å². The van der Waals surface area contributed by atoms with Gasteiger partial charge in [-0.2, -0.15) is 13.2 Å². The maximum atomic E-state index is 12.5. The molecule has 2 saturated heterocycles. The largest absolute Gasteiger partial charge is 0.471 e. The lowest BCUT2D eigenvalue weighted by molar-refractivity contribution is -0.187. The first-order chi connectivity index (χ1) is 11.7. The minimum Gasteiger partial charge on any atom is -0.450 e. The molecule has 142 valence electrons. The third-order valence-electron chi connectivity index (χ3n) is 4.49. The highest BCUT2D eigenvalue weighted by atomic mass is 19.4. The van der Waals surface area contributed by atoms with Crippen LogP contribution in [0.3, 0.4) is 0 Å². The summed E-state index contributed by atoms with van der Waals surface area (Å²) in [6.45, 7) is 3.35. The molecule has 7 nitrogen and oxygen atoms in total. The van der Waals surface area contributed by atoms with E-state index in [1.807, 2.05) is 0 Å². The number of rotatable bonds is 2. The quantitative estimate of drug-likeness (QED) is 0.735. The second-order valence-electron chi connectivity index (χ2n) is 6.08. The van der Waals surface area contributed by atoms with E-state index in [1.54, 1.807) is 11.8 Å². The fourth-order valence-corrected chi connectivity index (χ4v) is 3.09. The van der Waals surface area contributed by atoms with Crippen molar-refractivity contribution in [2.45, 2.75) is 25.9 Å². The fraction of sp³-hybridized carbons (Fsp3) is 0.800. The van der Waals surface area contributed by atoms with Crippen molar-refractivity contribution in [1.82, 2.24) is 14.7 Å². The Kier molecular flexibility index (Phi) is 6.12. The lowest BCUT2D eigenvalue weighted by atomic mass is 9.95. The summed E-state index contributed by atoms with van der Waals surface area (Å²) in [5, 5.41) is 0. The number of hydrogen-bond acceptors (Lipinski definition) is 4. The molecule has 2 fully saturated rings. The molecule has 0 unspecified atom stereocenters. The maximum Gasteiger partial charge on any atom is 0.471 e. The Labute approximate surface area is 143 Å². The second kappa shape index (κ2) is 7.92. The predicted molar refractivity (Wildman–Crippen MR) is 80.5 cm³/mol. The van der Waals surface area contributed by atoms with Gasteiger partial charge in [0.25, 0.3) is 0 Å². The van der Waals surface area contributed by atoms with Crippen molar-refractivity contribution in [3.8, 4) is 0 Å². The molecule has 2 rings (SSSR count). The maximum absolute atomic E-state index is 12.5. The molecule has 0 spiro atoms. The number of piperazine rings is 1. The van der Waals surface area contributed by atoms with E-state index in [2.05, 4.69) is 0 Å². The topological polar surface area (TPSA) is 70.2 Å². The zero-order valence-corrected chi connectivity index (χ0v) is 14.0. The van der Waals surface area contributed by atoms with E-state index in [0.29, 0.717) is 26.2 Å². The van der Waals surface area contributed by atoms with E-state index in [4.69, 9.17) is 4.74 Å². The van der Waals surface area contributed by atoms with Crippen LogP contribution in [0.15, 0.2) is 0 Å². The molecule has 0 aromatic rings. The SMILES string of the molecule is CCOC(=O)N1CCN(C(=O)C2CCN(C(=O)C(F)(F)F)CC2)CC1. The normalized spacial score (nSPS) is 19.8. The molecular formula is C15H22F3N3O4. The number of halogens is 3. The molecule has 10 heteroatoms. The van der Waals surface area contributed by atoms with Gasteiger partial charge >= 0.3 is 18.2 Å². The van der Waals surface area contributed by atoms with Crippen molar-refractivity contribution < 1.29 is 32.3 Å². The molecule has 0 N–H and O–H groups in total. The van der Waals surface area contributed by atoms with Crippen molar-refractivity contribution in [3.63, 3.8) is 0 Å². The van der Waals surface area contributed by atoms with Crippen LogP contribution in [0.5, 0.6) is 0 Å². The fourth-order valence-electron chi connectivity index (χ4n) is 3.09. The van der Waals surface area contributed by atoms with Gasteiger partial charge in [0.2, 0.25) is 5.91 Å². The summed E-state index contributed by atoms with van der Waals surface area (Å²) in [5.74, 6) is -2.35. The number of amides is 3. The summed E-state index contributed by atoms with van der Waals surface area (Å²) in [6, 6.07) is 0. The number of hydrogen-bond donors (Lipinski definition) is 0. The molecule has 0 radical (unpaired) electrons. The van der Waals surface area contributed by atoms with Gasteiger partial charge in [0.1, 0.15) is 0 Å².